The van der Waals surface area contributed by atoms with E-state index in [4.69, 9.17) is 4.74 Å². The SMILES string of the molecule is CCN1CCOC(=O)[C@H]1CC(=O)Nc1ccc(NC(C)=O)cc1. The fraction of sp³-hybridized carbons (Fsp3) is 0.438. The predicted octanol–water partition coefficient (Wildman–Crippen LogP) is 1.22. The van der Waals surface area contributed by atoms with Crippen LogP contribution in [0.3, 0.4) is 0 Å². The molecule has 0 spiro atoms. The lowest BCUT2D eigenvalue weighted by molar-refractivity contribution is -0.158. The summed E-state index contributed by atoms with van der Waals surface area (Å²) < 4.78 is 5.03. The molecule has 1 aliphatic rings. The van der Waals surface area contributed by atoms with E-state index in [1.807, 2.05) is 11.8 Å². The maximum absolute atomic E-state index is 12.1. The van der Waals surface area contributed by atoms with E-state index in [1.54, 1.807) is 24.3 Å². The number of cyclic esters (lactones) is 1. The second-order valence-electron chi connectivity index (χ2n) is 5.32. The topological polar surface area (TPSA) is 87.7 Å². The third kappa shape index (κ3) is 4.79. The van der Waals surface area contributed by atoms with E-state index in [2.05, 4.69) is 10.6 Å². The van der Waals surface area contributed by atoms with Crippen LogP contribution in [0.15, 0.2) is 24.3 Å². The number of carbonyl (C=O) groups excluding carboxylic acids is 3. The molecule has 1 fully saturated rings. The van der Waals surface area contributed by atoms with Crippen LogP contribution in [0.4, 0.5) is 11.4 Å². The summed E-state index contributed by atoms with van der Waals surface area (Å²) in [5.74, 6) is -0.758. The minimum absolute atomic E-state index is 0.0557. The van der Waals surface area contributed by atoms with Gasteiger partial charge in [-0.2, -0.15) is 0 Å². The maximum atomic E-state index is 12.1. The van der Waals surface area contributed by atoms with Crippen molar-refractivity contribution < 1.29 is 19.1 Å². The van der Waals surface area contributed by atoms with E-state index in [-0.39, 0.29) is 24.2 Å². The predicted molar refractivity (Wildman–Crippen MR) is 86.0 cm³/mol. The molecule has 7 heteroatoms. The summed E-state index contributed by atoms with van der Waals surface area (Å²) in [6.45, 7) is 5.09. The molecule has 1 heterocycles. The van der Waals surface area contributed by atoms with Gasteiger partial charge in [0, 0.05) is 24.8 Å². The normalized spacial score (nSPS) is 18.2. The first-order valence-electron chi connectivity index (χ1n) is 7.57. The standard InChI is InChI=1S/C16H21N3O4/c1-3-19-8-9-23-16(22)14(19)10-15(21)18-13-6-4-12(5-7-13)17-11(2)20/h4-7,14H,3,8-10H2,1-2H3,(H,17,20)(H,18,21)/t14-/m1/s1. The number of morpholine rings is 1. The molecule has 1 atom stereocenters. The number of nitrogens with zero attached hydrogens (tertiary/aromatic N) is 1. The molecule has 23 heavy (non-hydrogen) atoms. The smallest absolute Gasteiger partial charge is 0.323 e. The summed E-state index contributed by atoms with van der Waals surface area (Å²) in [6, 6.07) is 6.25. The Morgan fingerprint density at radius 3 is 2.39 bits per heavy atom. The lowest BCUT2D eigenvalue weighted by Crippen LogP contribution is -2.50. The zero-order valence-electron chi connectivity index (χ0n) is 13.3. The molecule has 1 saturated heterocycles. The van der Waals surface area contributed by atoms with Crippen LogP contribution in [0.1, 0.15) is 20.3 Å². The molecule has 0 aromatic heterocycles. The molecule has 2 amide bonds. The quantitative estimate of drug-likeness (QED) is 0.797. The van der Waals surface area contributed by atoms with Crippen molar-refractivity contribution >= 4 is 29.2 Å². The number of amides is 2. The number of carbonyl (C=O) groups is 3. The minimum Gasteiger partial charge on any atom is -0.463 e. The fourth-order valence-corrected chi connectivity index (χ4v) is 2.48. The Hall–Kier alpha value is -2.41. The number of benzene rings is 1. The van der Waals surface area contributed by atoms with Crippen molar-refractivity contribution in [3.05, 3.63) is 24.3 Å². The highest BCUT2D eigenvalue weighted by Crippen LogP contribution is 2.16. The lowest BCUT2D eigenvalue weighted by atomic mass is 10.1. The number of hydrogen-bond donors (Lipinski definition) is 2. The summed E-state index contributed by atoms with van der Waals surface area (Å²) in [5, 5.41) is 5.40. The Morgan fingerprint density at radius 2 is 1.83 bits per heavy atom. The van der Waals surface area contributed by atoms with Gasteiger partial charge in [-0.3, -0.25) is 19.3 Å². The Balaban J connectivity index is 1.93. The molecule has 2 rings (SSSR count). The Bertz CT molecular complexity index is 585. The van der Waals surface area contributed by atoms with Gasteiger partial charge in [-0.1, -0.05) is 6.92 Å². The van der Waals surface area contributed by atoms with Crippen LogP contribution in [0.2, 0.25) is 0 Å². The lowest BCUT2D eigenvalue weighted by Gasteiger charge is -2.32. The van der Waals surface area contributed by atoms with Crippen molar-refractivity contribution in [2.24, 2.45) is 0 Å². The van der Waals surface area contributed by atoms with Crippen molar-refractivity contribution in [3.8, 4) is 0 Å². The molecule has 0 radical (unpaired) electrons. The molecular weight excluding hydrogens is 298 g/mol. The molecule has 1 aliphatic heterocycles. The summed E-state index contributed by atoms with van der Waals surface area (Å²) in [7, 11) is 0. The monoisotopic (exact) mass is 319 g/mol. The van der Waals surface area contributed by atoms with Crippen LogP contribution in [-0.2, 0) is 19.1 Å². The number of hydrogen-bond acceptors (Lipinski definition) is 5. The van der Waals surface area contributed by atoms with E-state index in [0.717, 1.165) is 0 Å². The van der Waals surface area contributed by atoms with Crippen molar-refractivity contribution in [2.45, 2.75) is 26.3 Å². The van der Waals surface area contributed by atoms with Gasteiger partial charge in [0.15, 0.2) is 0 Å². The minimum atomic E-state index is -0.535. The largest absolute Gasteiger partial charge is 0.463 e. The van der Waals surface area contributed by atoms with Crippen LogP contribution >= 0.6 is 0 Å². The van der Waals surface area contributed by atoms with Crippen molar-refractivity contribution in [1.82, 2.24) is 4.90 Å². The van der Waals surface area contributed by atoms with Crippen molar-refractivity contribution in [1.29, 1.82) is 0 Å². The summed E-state index contributed by atoms with van der Waals surface area (Å²) in [5.41, 5.74) is 1.26. The molecular formula is C16H21N3O4. The van der Waals surface area contributed by atoms with Gasteiger partial charge in [0.1, 0.15) is 12.6 Å². The molecule has 0 aliphatic carbocycles. The molecule has 2 N–H and O–H groups in total. The third-order valence-electron chi connectivity index (χ3n) is 3.61. The van der Waals surface area contributed by atoms with E-state index in [0.29, 0.717) is 31.1 Å². The Morgan fingerprint density at radius 1 is 1.22 bits per heavy atom. The zero-order chi connectivity index (χ0) is 16.8. The first-order chi connectivity index (χ1) is 11.0. The van der Waals surface area contributed by atoms with Gasteiger partial charge in [-0.15, -0.1) is 0 Å². The highest BCUT2D eigenvalue weighted by atomic mass is 16.5. The summed E-state index contributed by atoms with van der Waals surface area (Å²) in [4.78, 5) is 36.8. The first kappa shape index (κ1) is 17.0. The highest BCUT2D eigenvalue weighted by molar-refractivity contribution is 5.95. The van der Waals surface area contributed by atoms with Crippen LogP contribution < -0.4 is 10.6 Å². The third-order valence-corrected chi connectivity index (χ3v) is 3.61. The summed E-state index contributed by atoms with van der Waals surface area (Å²) >= 11 is 0. The Labute approximate surface area is 135 Å². The van der Waals surface area contributed by atoms with Crippen molar-refractivity contribution in [3.63, 3.8) is 0 Å². The van der Waals surface area contributed by atoms with Gasteiger partial charge in [0.2, 0.25) is 11.8 Å². The van der Waals surface area contributed by atoms with Gasteiger partial charge in [0.25, 0.3) is 0 Å². The van der Waals surface area contributed by atoms with Crippen LogP contribution in [-0.4, -0.2) is 48.4 Å². The molecule has 1 aromatic carbocycles. The van der Waals surface area contributed by atoms with E-state index in [1.165, 1.54) is 6.92 Å². The number of esters is 1. The fourth-order valence-electron chi connectivity index (χ4n) is 2.48. The van der Waals surface area contributed by atoms with Gasteiger partial charge < -0.3 is 15.4 Å². The number of likely N-dealkylation sites (N-methyl/N-ethyl adjacent to an activating group) is 1. The number of rotatable bonds is 5. The molecule has 0 bridgehead atoms. The highest BCUT2D eigenvalue weighted by Gasteiger charge is 2.32. The molecule has 0 saturated carbocycles. The average Bonchev–Trinajstić information content (AvgIpc) is 2.50. The molecule has 7 nitrogen and oxygen atoms in total. The van der Waals surface area contributed by atoms with Gasteiger partial charge >= 0.3 is 5.97 Å². The van der Waals surface area contributed by atoms with Crippen LogP contribution in [0, 0.1) is 0 Å². The van der Waals surface area contributed by atoms with Gasteiger partial charge in [-0.05, 0) is 30.8 Å². The number of ether oxygens (including phenoxy) is 1. The number of nitrogens with one attached hydrogen (secondary N) is 2. The van der Waals surface area contributed by atoms with Crippen molar-refractivity contribution in [2.75, 3.05) is 30.3 Å². The average molecular weight is 319 g/mol. The van der Waals surface area contributed by atoms with Crippen LogP contribution in [0.25, 0.3) is 0 Å². The molecule has 124 valence electrons. The maximum Gasteiger partial charge on any atom is 0.323 e. The number of anilines is 2. The van der Waals surface area contributed by atoms with E-state index < -0.39 is 6.04 Å². The molecule has 0 unspecified atom stereocenters. The second-order valence-corrected chi connectivity index (χ2v) is 5.32. The Kier molecular flexibility index (Phi) is 5.70. The second kappa shape index (κ2) is 7.73. The zero-order valence-corrected chi connectivity index (χ0v) is 13.3. The van der Waals surface area contributed by atoms with Gasteiger partial charge in [-0.25, -0.2) is 0 Å². The van der Waals surface area contributed by atoms with Crippen LogP contribution in [0.5, 0.6) is 0 Å². The van der Waals surface area contributed by atoms with E-state index >= 15 is 0 Å². The van der Waals surface area contributed by atoms with E-state index in [9.17, 15) is 14.4 Å². The van der Waals surface area contributed by atoms with Gasteiger partial charge in [0.05, 0.1) is 6.42 Å². The molecule has 1 aromatic rings. The summed E-state index contributed by atoms with van der Waals surface area (Å²) in [6.07, 6.45) is 0.0557. The first-order valence-corrected chi connectivity index (χ1v) is 7.57.